The van der Waals surface area contributed by atoms with Gasteiger partial charge in [0, 0.05) is 25.9 Å². The van der Waals surface area contributed by atoms with Crippen LogP contribution in [0.2, 0.25) is 0 Å². The van der Waals surface area contributed by atoms with Crippen molar-refractivity contribution in [2.24, 2.45) is 5.92 Å². The number of hydrogen-bond acceptors (Lipinski definition) is 3. The molecular weight excluding hydrogens is 240 g/mol. The van der Waals surface area contributed by atoms with Crippen molar-refractivity contribution in [3.05, 3.63) is 29.3 Å². The zero-order chi connectivity index (χ0) is 13.8. The minimum atomic E-state index is -0.0486. The Morgan fingerprint density at radius 2 is 2.21 bits per heavy atom. The fraction of sp³-hybridized carbons (Fsp3) is 0.533. The van der Waals surface area contributed by atoms with Crippen LogP contribution in [0.4, 0.5) is 5.69 Å². The predicted octanol–water partition coefficient (Wildman–Crippen LogP) is 2.08. The third-order valence-corrected chi connectivity index (χ3v) is 3.41. The Kier molecular flexibility index (Phi) is 4.43. The van der Waals surface area contributed by atoms with E-state index in [9.17, 15) is 4.79 Å². The van der Waals surface area contributed by atoms with Gasteiger partial charge >= 0.3 is 0 Å². The molecule has 1 saturated carbocycles. The largest absolute Gasteiger partial charge is 0.398 e. The molecule has 1 aliphatic rings. The first-order valence-electron chi connectivity index (χ1n) is 6.77. The topological polar surface area (TPSA) is 55.6 Å². The van der Waals surface area contributed by atoms with Gasteiger partial charge in [-0.05, 0) is 43.4 Å². The number of carbonyl (C=O) groups excluding carboxylic acids is 1. The van der Waals surface area contributed by atoms with Gasteiger partial charge in [-0.15, -0.1) is 0 Å². The van der Waals surface area contributed by atoms with Crippen molar-refractivity contribution in [3.63, 3.8) is 0 Å². The number of benzene rings is 1. The minimum Gasteiger partial charge on any atom is -0.398 e. The Bertz CT molecular complexity index is 455. The quantitative estimate of drug-likeness (QED) is 0.631. The minimum absolute atomic E-state index is 0.0486. The Morgan fingerprint density at radius 3 is 2.84 bits per heavy atom. The summed E-state index contributed by atoms with van der Waals surface area (Å²) in [6.45, 7) is 3.97. The molecule has 0 atom stereocenters. The maximum absolute atomic E-state index is 12.2. The number of likely N-dealkylation sites (N-methyl/N-ethyl adjacent to an activating group) is 1. The van der Waals surface area contributed by atoms with E-state index >= 15 is 0 Å². The van der Waals surface area contributed by atoms with Gasteiger partial charge in [0.05, 0.1) is 12.2 Å². The van der Waals surface area contributed by atoms with E-state index in [1.165, 1.54) is 12.8 Å². The molecule has 0 radical (unpaired) electrons. The molecule has 1 aromatic rings. The number of anilines is 1. The van der Waals surface area contributed by atoms with E-state index < -0.39 is 0 Å². The van der Waals surface area contributed by atoms with Crippen LogP contribution in [-0.2, 0) is 4.74 Å². The Morgan fingerprint density at radius 1 is 1.47 bits per heavy atom. The van der Waals surface area contributed by atoms with E-state index in [1.54, 1.807) is 18.0 Å². The van der Waals surface area contributed by atoms with Crippen molar-refractivity contribution < 1.29 is 9.53 Å². The summed E-state index contributed by atoms with van der Waals surface area (Å²) in [4.78, 5) is 13.9. The van der Waals surface area contributed by atoms with Crippen molar-refractivity contribution in [2.75, 3.05) is 32.5 Å². The lowest BCUT2D eigenvalue weighted by atomic mass is 10.1. The van der Waals surface area contributed by atoms with Gasteiger partial charge in [0.25, 0.3) is 5.91 Å². The standard InChI is InChI=1S/C15H22N2O2/c1-11-3-6-13(14(16)9-11)15(18)17(2)7-8-19-10-12-4-5-12/h3,6,9,12H,4-5,7-8,10,16H2,1-2H3. The lowest BCUT2D eigenvalue weighted by molar-refractivity contribution is 0.0682. The van der Waals surface area contributed by atoms with E-state index in [4.69, 9.17) is 10.5 Å². The zero-order valence-corrected chi connectivity index (χ0v) is 11.7. The van der Waals surface area contributed by atoms with Crippen molar-refractivity contribution in [2.45, 2.75) is 19.8 Å². The summed E-state index contributed by atoms with van der Waals surface area (Å²) in [6, 6.07) is 5.51. The van der Waals surface area contributed by atoms with Crippen LogP contribution in [0.5, 0.6) is 0 Å². The third-order valence-electron chi connectivity index (χ3n) is 3.41. The lowest BCUT2D eigenvalue weighted by Crippen LogP contribution is -2.30. The average molecular weight is 262 g/mol. The van der Waals surface area contributed by atoms with Gasteiger partial charge in [-0.2, -0.15) is 0 Å². The Hall–Kier alpha value is -1.55. The van der Waals surface area contributed by atoms with Crippen LogP contribution in [0, 0.1) is 12.8 Å². The van der Waals surface area contributed by atoms with Crippen LogP contribution in [0.25, 0.3) is 0 Å². The van der Waals surface area contributed by atoms with Crippen LogP contribution in [0.1, 0.15) is 28.8 Å². The molecule has 1 aromatic carbocycles. The van der Waals surface area contributed by atoms with Crippen LogP contribution in [0.15, 0.2) is 18.2 Å². The summed E-state index contributed by atoms with van der Waals surface area (Å²) in [5.74, 6) is 0.710. The fourth-order valence-electron chi connectivity index (χ4n) is 1.92. The van der Waals surface area contributed by atoms with Gasteiger partial charge in [-0.25, -0.2) is 0 Å². The summed E-state index contributed by atoms with van der Waals surface area (Å²) in [6.07, 6.45) is 2.57. The summed E-state index contributed by atoms with van der Waals surface area (Å²) in [5.41, 5.74) is 8.05. The van der Waals surface area contributed by atoms with E-state index in [0.29, 0.717) is 24.4 Å². The first kappa shape index (κ1) is 13.9. The van der Waals surface area contributed by atoms with Gasteiger partial charge in [-0.3, -0.25) is 4.79 Å². The summed E-state index contributed by atoms with van der Waals surface area (Å²) >= 11 is 0. The Labute approximate surface area is 114 Å². The summed E-state index contributed by atoms with van der Waals surface area (Å²) in [7, 11) is 1.78. The molecule has 0 unspecified atom stereocenters. The third kappa shape index (κ3) is 3.96. The summed E-state index contributed by atoms with van der Waals surface area (Å²) < 4.78 is 5.54. The maximum Gasteiger partial charge on any atom is 0.255 e. The molecule has 0 heterocycles. The van der Waals surface area contributed by atoms with E-state index in [0.717, 1.165) is 18.1 Å². The zero-order valence-electron chi connectivity index (χ0n) is 11.7. The monoisotopic (exact) mass is 262 g/mol. The van der Waals surface area contributed by atoms with Crippen molar-refractivity contribution in [3.8, 4) is 0 Å². The van der Waals surface area contributed by atoms with Crippen molar-refractivity contribution in [1.29, 1.82) is 0 Å². The van der Waals surface area contributed by atoms with Gasteiger partial charge < -0.3 is 15.4 Å². The van der Waals surface area contributed by atoms with E-state index in [1.807, 2.05) is 19.1 Å². The number of nitrogens with zero attached hydrogens (tertiary/aromatic N) is 1. The van der Waals surface area contributed by atoms with Gasteiger partial charge in [0.15, 0.2) is 0 Å². The number of nitrogen functional groups attached to an aromatic ring is 1. The number of ether oxygens (including phenoxy) is 1. The predicted molar refractivity (Wildman–Crippen MR) is 76.1 cm³/mol. The highest BCUT2D eigenvalue weighted by atomic mass is 16.5. The number of rotatable bonds is 6. The second-order valence-corrected chi connectivity index (χ2v) is 5.34. The molecule has 2 N–H and O–H groups in total. The number of carbonyl (C=O) groups is 1. The van der Waals surface area contributed by atoms with Gasteiger partial charge in [0.1, 0.15) is 0 Å². The summed E-state index contributed by atoms with van der Waals surface area (Å²) in [5, 5.41) is 0. The lowest BCUT2D eigenvalue weighted by Gasteiger charge is -2.18. The molecule has 19 heavy (non-hydrogen) atoms. The second kappa shape index (κ2) is 6.06. The fourth-order valence-corrected chi connectivity index (χ4v) is 1.92. The van der Waals surface area contributed by atoms with Gasteiger partial charge in [-0.1, -0.05) is 6.07 Å². The molecule has 0 aliphatic heterocycles. The number of hydrogen-bond donors (Lipinski definition) is 1. The van der Waals surface area contributed by atoms with Crippen LogP contribution in [0.3, 0.4) is 0 Å². The molecule has 0 aromatic heterocycles. The SMILES string of the molecule is Cc1ccc(C(=O)N(C)CCOCC2CC2)c(N)c1. The molecule has 0 saturated heterocycles. The first-order valence-corrected chi connectivity index (χ1v) is 6.77. The molecule has 1 aliphatic carbocycles. The smallest absolute Gasteiger partial charge is 0.255 e. The molecule has 2 rings (SSSR count). The molecule has 4 nitrogen and oxygen atoms in total. The van der Waals surface area contributed by atoms with Crippen LogP contribution < -0.4 is 5.73 Å². The first-order chi connectivity index (χ1) is 9.08. The Balaban J connectivity index is 1.83. The van der Waals surface area contributed by atoms with Crippen LogP contribution >= 0.6 is 0 Å². The highest BCUT2D eigenvalue weighted by Crippen LogP contribution is 2.28. The molecular formula is C15H22N2O2. The number of aryl methyl sites for hydroxylation is 1. The highest BCUT2D eigenvalue weighted by molar-refractivity contribution is 5.99. The van der Waals surface area contributed by atoms with Crippen molar-refractivity contribution in [1.82, 2.24) is 4.90 Å². The normalized spacial score (nSPS) is 14.4. The molecule has 4 heteroatoms. The van der Waals surface area contributed by atoms with Gasteiger partial charge in [0.2, 0.25) is 0 Å². The average Bonchev–Trinajstić information content (AvgIpc) is 3.17. The van der Waals surface area contributed by atoms with E-state index in [-0.39, 0.29) is 5.91 Å². The number of amides is 1. The molecule has 0 bridgehead atoms. The van der Waals surface area contributed by atoms with Crippen molar-refractivity contribution >= 4 is 11.6 Å². The highest BCUT2D eigenvalue weighted by Gasteiger charge is 2.21. The molecule has 104 valence electrons. The number of nitrogens with two attached hydrogens (primary N) is 1. The molecule has 1 fully saturated rings. The second-order valence-electron chi connectivity index (χ2n) is 5.34. The molecule has 0 spiro atoms. The molecule has 1 amide bonds. The maximum atomic E-state index is 12.2. The van der Waals surface area contributed by atoms with E-state index in [2.05, 4.69) is 0 Å². The van der Waals surface area contributed by atoms with Crippen LogP contribution in [-0.4, -0.2) is 37.6 Å².